The monoisotopic (exact) mass is 313 g/mol. The van der Waals surface area contributed by atoms with Crippen LogP contribution in [0.25, 0.3) is 0 Å². The summed E-state index contributed by atoms with van der Waals surface area (Å²) in [6.45, 7) is 0. The van der Waals surface area contributed by atoms with Crippen molar-refractivity contribution in [2.45, 2.75) is 10.6 Å². The Labute approximate surface area is 124 Å². The quantitative estimate of drug-likeness (QED) is 0.851. The molecule has 0 amide bonds. The van der Waals surface area contributed by atoms with Crippen LogP contribution in [0.3, 0.4) is 0 Å². The first-order valence-electron chi connectivity index (χ1n) is 5.33. The van der Waals surface area contributed by atoms with E-state index >= 15 is 0 Å². The van der Waals surface area contributed by atoms with Crippen molar-refractivity contribution in [3.8, 4) is 0 Å². The molecule has 0 atom stereocenters. The second kappa shape index (κ2) is 6.28. The van der Waals surface area contributed by atoms with E-state index in [9.17, 15) is 4.79 Å². The number of aromatic nitrogens is 1. The number of carbonyl (C=O) groups is 1. The molecule has 2 rings (SSSR count). The normalized spacial score (nSPS) is 10.4. The largest absolute Gasteiger partial charge is 0.478 e. The van der Waals surface area contributed by atoms with Gasteiger partial charge in [-0.15, -0.1) is 11.8 Å². The van der Waals surface area contributed by atoms with E-state index in [1.54, 1.807) is 30.5 Å². The molecule has 6 heteroatoms. The Balaban J connectivity index is 2.22. The van der Waals surface area contributed by atoms with Crippen molar-refractivity contribution in [3.05, 3.63) is 57.8 Å². The van der Waals surface area contributed by atoms with Gasteiger partial charge in [0, 0.05) is 16.8 Å². The minimum absolute atomic E-state index is 0.193. The summed E-state index contributed by atoms with van der Waals surface area (Å²) in [4.78, 5) is 15.9. The molecule has 0 radical (unpaired) electrons. The average molecular weight is 314 g/mol. The predicted molar refractivity (Wildman–Crippen MR) is 77.2 cm³/mol. The van der Waals surface area contributed by atoms with Gasteiger partial charge in [0.25, 0.3) is 0 Å². The van der Waals surface area contributed by atoms with Gasteiger partial charge in [-0.2, -0.15) is 0 Å². The standard InChI is InChI=1S/C13H9Cl2NO2S/c14-9-4-1-5-10(15)12(9)19-7-11-8(13(17)18)3-2-6-16-11/h1-6H,7H2,(H,17,18). The molecule has 0 aliphatic carbocycles. The fraction of sp³-hybridized carbons (Fsp3) is 0.0769. The molecule has 1 aromatic heterocycles. The van der Waals surface area contributed by atoms with Gasteiger partial charge in [0.1, 0.15) is 0 Å². The SMILES string of the molecule is O=C(O)c1cccnc1CSc1c(Cl)cccc1Cl. The van der Waals surface area contributed by atoms with E-state index in [0.717, 1.165) is 4.90 Å². The molecule has 0 aliphatic rings. The first-order chi connectivity index (χ1) is 9.09. The molecule has 2 aromatic rings. The molecule has 0 saturated carbocycles. The lowest BCUT2D eigenvalue weighted by Gasteiger charge is -2.07. The highest BCUT2D eigenvalue weighted by Gasteiger charge is 2.12. The number of benzene rings is 1. The van der Waals surface area contributed by atoms with Gasteiger partial charge < -0.3 is 5.11 Å². The number of aromatic carboxylic acids is 1. The van der Waals surface area contributed by atoms with Gasteiger partial charge in [0.05, 0.1) is 21.3 Å². The lowest BCUT2D eigenvalue weighted by Crippen LogP contribution is -2.03. The van der Waals surface area contributed by atoms with Crippen LogP contribution in [0.4, 0.5) is 0 Å². The number of pyridine rings is 1. The smallest absolute Gasteiger partial charge is 0.337 e. The van der Waals surface area contributed by atoms with Crippen molar-refractivity contribution in [2.24, 2.45) is 0 Å². The van der Waals surface area contributed by atoms with E-state index in [1.807, 2.05) is 0 Å². The lowest BCUT2D eigenvalue weighted by atomic mass is 10.2. The molecule has 0 spiro atoms. The maximum atomic E-state index is 11.1. The number of nitrogens with zero attached hydrogens (tertiary/aromatic N) is 1. The lowest BCUT2D eigenvalue weighted by molar-refractivity contribution is 0.0695. The summed E-state index contributed by atoms with van der Waals surface area (Å²) in [5, 5.41) is 10.2. The Morgan fingerprint density at radius 1 is 1.21 bits per heavy atom. The Morgan fingerprint density at radius 3 is 2.53 bits per heavy atom. The molecule has 0 aliphatic heterocycles. The summed E-state index contributed by atoms with van der Waals surface area (Å²) in [6, 6.07) is 8.37. The number of carboxylic acids is 1. The highest BCUT2D eigenvalue weighted by Crippen LogP contribution is 2.35. The summed E-state index contributed by atoms with van der Waals surface area (Å²) < 4.78 is 0. The summed E-state index contributed by atoms with van der Waals surface area (Å²) in [6.07, 6.45) is 1.57. The molecule has 3 nitrogen and oxygen atoms in total. The molecule has 1 N–H and O–H groups in total. The first-order valence-corrected chi connectivity index (χ1v) is 7.07. The fourth-order valence-corrected chi connectivity index (χ4v) is 3.16. The van der Waals surface area contributed by atoms with Crippen molar-refractivity contribution in [1.29, 1.82) is 0 Å². The highest BCUT2D eigenvalue weighted by molar-refractivity contribution is 7.98. The summed E-state index contributed by atoms with van der Waals surface area (Å²) in [5.41, 5.74) is 0.689. The summed E-state index contributed by atoms with van der Waals surface area (Å²) in [5.74, 6) is -0.597. The number of hydrogen-bond donors (Lipinski definition) is 1. The molecule has 0 unspecified atom stereocenters. The zero-order chi connectivity index (χ0) is 13.8. The zero-order valence-electron chi connectivity index (χ0n) is 9.64. The van der Waals surface area contributed by atoms with Crippen molar-refractivity contribution < 1.29 is 9.90 Å². The summed E-state index contributed by atoms with van der Waals surface area (Å²) in [7, 11) is 0. The molecular weight excluding hydrogens is 305 g/mol. The molecule has 0 fully saturated rings. The minimum Gasteiger partial charge on any atom is -0.478 e. The molecule has 98 valence electrons. The Hall–Kier alpha value is -1.23. The van der Waals surface area contributed by atoms with Gasteiger partial charge in [-0.25, -0.2) is 4.79 Å². The van der Waals surface area contributed by atoms with E-state index in [0.29, 0.717) is 21.5 Å². The average Bonchev–Trinajstić information content (AvgIpc) is 2.38. The second-order valence-electron chi connectivity index (χ2n) is 3.64. The molecule has 19 heavy (non-hydrogen) atoms. The van der Waals surface area contributed by atoms with Crippen LogP contribution in [-0.2, 0) is 5.75 Å². The third-order valence-corrected chi connectivity index (χ3v) is 4.39. The van der Waals surface area contributed by atoms with Gasteiger partial charge in [-0.1, -0.05) is 29.3 Å². The number of thioether (sulfide) groups is 1. The Morgan fingerprint density at radius 2 is 1.89 bits per heavy atom. The number of halogens is 2. The van der Waals surface area contributed by atoms with Crippen LogP contribution in [0.15, 0.2) is 41.4 Å². The molecule has 1 heterocycles. The van der Waals surface area contributed by atoms with E-state index in [4.69, 9.17) is 28.3 Å². The van der Waals surface area contributed by atoms with Gasteiger partial charge in [-0.05, 0) is 24.3 Å². The van der Waals surface area contributed by atoms with Crippen molar-refractivity contribution in [3.63, 3.8) is 0 Å². The van der Waals surface area contributed by atoms with Crippen LogP contribution < -0.4 is 0 Å². The van der Waals surface area contributed by atoms with Gasteiger partial charge in [0.15, 0.2) is 0 Å². The molecule has 1 aromatic carbocycles. The zero-order valence-corrected chi connectivity index (χ0v) is 12.0. The molecule has 0 bridgehead atoms. The predicted octanol–water partition coefficient (Wildman–Crippen LogP) is 4.38. The third-order valence-electron chi connectivity index (χ3n) is 2.39. The third kappa shape index (κ3) is 3.41. The van der Waals surface area contributed by atoms with Crippen LogP contribution in [0.5, 0.6) is 0 Å². The fourth-order valence-electron chi connectivity index (χ4n) is 1.51. The topological polar surface area (TPSA) is 50.2 Å². The number of carboxylic acid groups (broad SMARTS) is 1. The second-order valence-corrected chi connectivity index (χ2v) is 5.44. The molecular formula is C13H9Cl2NO2S. The van der Waals surface area contributed by atoms with Crippen LogP contribution >= 0.6 is 35.0 Å². The Bertz CT molecular complexity index is 599. The van der Waals surface area contributed by atoms with Gasteiger partial charge in [0.2, 0.25) is 0 Å². The van der Waals surface area contributed by atoms with Crippen LogP contribution in [-0.4, -0.2) is 16.1 Å². The van der Waals surface area contributed by atoms with E-state index in [1.165, 1.54) is 17.8 Å². The van der Waals surface area contributed by atoms with E-state index in [2.05, 4.69) is 4.98 Å². The first kappa shape index (κ1) is 14.2. The van der Waals surface area contributed by atoms with Crippen LogP contribution in [0, 0.1) is 0 Å². The number of hydrogen-bond acceptors (Lipinski definition) is 3. The maximum Gasteiger partial charge on any atom is 0.337 e. The Kier molecular flexibility index (Phi) is 4.69. The van der Waals surface area contributed by atoms with Crippen molar-refractivity contribution in [1.82, 2.24) is 4.98 Å². The maximum absolute atomic E-state index is 11.1. The van der Waals surface area contributed by atoms with E-state index < -0.39 is 5.97 Å². The van der Waals surface area contributed by atoms with Gasteiger partial charge >= 0.3 is 5.97 Å². The van der Waals surface area contributed by atoms with Crippen molar-refractivity contribution >= 4 is 40.9 Å². The highest BCUT2D eigenvalue weighted by atomic mass is 35.5. The summed E-state index contributed by atoms with van der Waals surface area (Å²) >= 11 is 13.5. The van der Waals surface area contributed by atoms with Crippen LogP contribution in [0.2, 0.25) is 10.0 Å². The van der Waals surface area contributed by atoms with Crippen molar-refractivity contribution in [2.75, 3.05) is 0 Å². The van der Waals surface area contributed by atoms with Gasteiger partial charge in [-0.3, -0.25) is 4.98 Å². The minimum atomic E-state index is -0.992. The number of rotatable bonds is 4. The molecule has 0 saturated heterocycles. The van der Waals surface area contributed by atoms with Crippen LogP contribution in [0.1, 0.15) is 16.1 Å². The van der Waals surface area contributed by atoms with E-state index in [-0.39, 0.29) is 5.56 Å².